The largest absolute Gasteiger partial charge is 0.388 e. The van der Waals surface area contributed by atoms with Crippen molar-refractivity contribution < 1.29 is 14.2 Å². The maximum absolute atomic E-state index is 12.9. The van der Waals surface area contributed by atoms with Gasteiger partial charge in [-0.15, -0.1) is 0 Å². The van der Waals surface area contributed by atoms with Crippen molar-refractivity contribution in [3.8, 4) is 0 Å². The minimum atomic E-state index is -0.550. The van der Waals surface area contributed by atoms with Crippen molar-refractivity contribution in [3.05, 3.63) is 35.1 Å². The molecule has 0 amide bonds. The Bertz CT molecular complexity index is 378. The summed E-state index contributed by atoms with van der Waals surface area (Å²) in [5.41, 5.74) is 1.61. The van der Waals surface area contributed by atoms with E-state index < -0.39 is 6.10 Å². The number of ether oxygens (including phenoxy) is 1. The highest BCUT2D eigenvalue weighted by molar-refractivity contribution is 5.29. The molecule has 3 heteroatoms. The zero-order valence-electron chi connectivity index (χ0n) is 9.61. The predicted molar refractivity (Wildman–Crippen MR) is 59.6 cm³/mol. The van der Waals surface area contributed by atoms with Gasteiger partial charge >= 0.3 is 0 Å². The average molecular weight is 224 g/mol. The van der Waals surface area contributed by atoms with E-state index in [0.717, 1.165) is 17.5 Å². The lowest BCUT2D eigenvalue weighted by Crippen LogP contribution is -2.14. The third-order valence-corrected chi connectivity index (χ3v) is 3.23. The van der Waals surface area contributed by atoms with E-state index in [0.29, 0.717) is 6.61 Å². The van der Waals surface area contributed by atoms with Gasteiger partial charge < -0.3 is 9.84 Å². The van der Waals surface area contributed by atoms with Crippen molar-refractivity contribution in [1.29, 1.82) is 0 Å². The summed E-state index contributed by atoms with van der Waals surface area (Å²) in [6, 6.07) is 4.51. The van der Waals surface area contributed by atoms with Crippen LogP contribution >= 0.6 is 0 Å². The Morgan fingerprint density at radius 3 is 2.81 bits per heavy atom. The Morgan fingerprint density at radius 1 is 1.50 bits per heavy atom. The van der Waals surface area contributed by atoms with Gasteiger partial charge in [0.15, 0.2) is 0 Å². The SMILES string of the molecule is Cc1cc(F)ccc1C(O)C1COC(C)C1. The van der Waals surface area contributed by atoms with Crippen LogP contribution < -0.4 is 0 Å². The van der Waals surface area contributed by atoms with Crippen molar-refractivity contribution in [2.24, 2.45) is 5.92 Å². The fourth-order valence-electron chi connectivity index (χ4n) is 2.30. The third-order valence-electron chi connectivity index (χ3n) is 3.23. The van der Waals surface area contributed by atoms with E-state index in [-0.39, 0.29) is 17.8 Å². The van der Waals surface area contributed by atoms with Gasteiger partial charge in [-0.05, 0) is 43.5 Å². The lowest BCUT2D eigenvalue weighted by atomic mass is 9.91. The molecule has 3 unspecified atom stereocenters. The maximum Gasteiger partial charge on any atom is 0.123 e. The molecule has 2 nitrogen and oxygen atoms in total. The van der Waals surface area contributed by atoms with Crippen LogP contribution in [0.2, 0.25) is 0 Å². The zero-order valence-corrected chi connectivity index (χ0v) is 9.61. The van der Waals surface area contributed by atoms with Crippen molar-refractivity contribution in [2.75, 3.05) is 6.61 Å². The molecule has 0 radical (unpaired) electrons. The lowest BCUT2D eigenvalue weighted by Gasteiger charge is -2.19. The normalized spacial score (nSPS) is 27.0. The summed E-state index contributed by atoms with van der Waals surface area (Å²) in [4.78, 5) is 0. The van der Waals surface area contributed by atoms with Crippen LogP contribution in [0.15, 0.2) is 18.2 Å². The monoisotopic (exact) mass is 224 g/mol. The highest BCUT2D eigenvalue weighted by atomic mass is 19.1. The molecule has 0 bridgehead atoms. The molecule has 1 aliphatic rings. The van der Waals surface area contributed by atoms with Crippen molar-refractivity contribution in [3.63, 3.8) is 0 Å². The fourth-order valence-corrected chi connectivity index (χ4v) is 2.30. The highest BCUT2D eigenvalue weighted by Crippen LogP contribution is 2.33. The third kappa shape index (κ3) is 2.25. The fraction of sp³-hybridized carbons (Fsp3) is 0.538. The number of rotatable bonds is 2. The van der Waals surface area contributed by atoms with Crippen molar-refractivity contribution >= 4 is 0 Å². The quantitative estimate of drug-likeness (QED) is 0.836. The molecule has 16 heavy (non-hydrogen) atoms. The van der Waals surface area contributed by atoms with Crippen molar-refractivity contribution in [2.45, 2.75) is 32.5 Å². The number of aliphatic hydroxyl groups is 1. The van der Waals surface area contributed by atoms with Gasteiger partial charge in [-0.25, -0.2) is 4.39 Å². The highest BCUT2D eigenvalue weighted by Gasteiger charge is 2.29. The second kappa shape index (κ2) is 4.52. The first kappa shape index (κ1) is 11.6. The molecule has 2 rings (SSSR count). The number of hydrogen-bond acceptors (Lipinski definition) is 2. The van der Waals surface area contributed by atoms with Crippen LogP contribution in [0.3, 0.4) is 0 Å². The average Bonchev–Trinajstić information content (AvgIpc) is 2.64. The van der Waals surface area contributed by atoms with Crippen LogP contribution in [0.5, 0.6) is 0 Å². The van der Waals surface area contributed by atoms with Crippen LogP contribution in [0.25, 0.3) is 0 Å². The first-order valence-electron chi connectivity index (χ1n) is 5.63. The Kier molecular flexibility index (Phi) is 3.26. The van der Waals surface area contributed by atoms with Gasteiger partial charge in [0.05, 0.1) is 18.8 Å². The van der Waals surface area contributed by atoms with E-state index in [9.17, 15) is 9.50 Å². The summed E-state index contributed by atoms with van der Waals surface area (Å²) in [5, 5.41) is 10.2. The molecule has 0 saturated carbocycles. The van der Waals surface area contributed by atoms with E-state index in [1.54, 1.807) is 6.07 Å². The zero-order chi connectivity index (χ0) is 11.7. The summed E-state index contributed by atoms with van der Waals surface area (Å²) in [7, 11) is 0. The van der Waals surface area contributed by atoms with Gasteiger partial charge in [-0.1, -0.05) is 6.07 Å². The van der Waals surface area contributed by atoms with Crippen LogP contribution in [0.1, 0.15) is 30.6 Å². The van der Waals surface area contributed by atoms with E-state index >= 15 is 0 Å². The molecule has 1 aromatic carbocycles. The molecule has 1 aliphatic heterocycles. The first-order chi connectivity index (χ1) is 7.58. The molecular formula is C13H17FO2. The summed E-state index contributed by atoms with van der Waals surface area (Å²) in [6.07, 6.45) is 0.517. The first-order valence-corrected chi connectivity index (χ1v) is 5.63. The number of hydrogen-bond donors (Lipinski definition) is 1. The van der Waals surface area contributed by atoms with E-state index in [2.05, 4.69) is 0 Å². The second-order valence-electron chi connectivity index (χ2n) is 4.59. The van der Waals surface area contributed by atoms with Crippen LogP contribution in [-0.2, 0) is 4.74 Å². The standard InChI is InChI=1S/C13H17FO2/c1-8-5-11(14)3-4-12(8)13(15)10-6-9(2)16-7-10/h3-5,9-10,13,15H,6-7H2,1-2H3. The predicted octanol–water partition coefficient (Wildman–Crippen LogP) is 2.59. The van der Waals surface area contributed by atoms with Gasteiger partial charge in [0.1, 0.15) is 5.82 Å². The van der Waals surface area contributed by atoms with E-state index in [1.165, 1.54) is 12.1 Å². The summed E-state index contributed by atoms with van der Waals surface area (Å²) in [5.74, 6) is -0.136. The van der Waals surface area contributed by atoms with Gasteiger partial charge in [0.2, 0.25) is 0 Å². The molecule has 0 spiro atoms. The summed E-state index contributed by atoms with van der Waals surface area (Å²) < 4.78 is 18.4. The Hall–Kier alpha value is -0.930. The molecule has 3 atom stereocenters. The van der Waals surface area contributed by atoms with Gasteiger partial charge in [0.25, 0.3) is 0 Å². The van der Waals surface area contributed by atoms with Gasteiger partial charge in [-0.3, -0.25) is 0 Å². The van der Waals surface area contributed by atoms with Crippen LogP contribution in [0, 0.1) is 18.7 Å². The number of benzene rings is 1. The molecule has 0 aliphatic carbocycles. The Morgan fingerprint density at radius 2 is 2.25 bits per heavy atom. The summed E-state index contributed by atoms with van der Waals surface area (Å²) >= 11 is 0. The Labute approximate surface area is 95.1 Å². The summed E-state index contributed by atoms with van der Waals surface area (Å²) in [6.45, 7) is 4.41. The van der Waals surface area contributed by atoms with Gasteiger partial charge in [-0.2, -0.15) is 0 Å². The second-order valence-corrected chi connectivity index (χ2v) is 4.59. The number of aryl methyl sites for hydroxylation is 1. The minimum absolute atomic E-state index is 0.124. The van der Waals surface area contributed by atoms with Crippen LogP contribution in [0.4, 0.5) is 4.39 Å². The van der Waals surface area contributed by atoms with Gasteiger partial charge in [0, 0.05) is 5.92 Å². The molecule has 88 valence electrons. The number of halogens is 1. The van der Waals surface area contributed by atoms with Crippen LogP contribution in [-0.4, -0.2) is 17.8 Å². The molecular weight excluding hydrogens is 207 g/mol. The molecule has 1 saturated heterocycles. The lowest BCUT2D eigenvalue weighted by molar-refractivity contribution is 0.0800. The topological polar surface area (TPSA) is 29.5 Å². The van der Waals surface area contributed by atoms with E-state index in [4.69, 9.17) is 4.74 Å². The van der Waals surface area contributed by atoms with E-state index in [1.807, 2.05) is 13.8 Å². The molecule has 1 N–H and O–H groups in total. The smallest absolute Gasteiger partial charge is 0.123 e. The minimum Gasteiger partial charge on any atom is -0.388 e. The molecule has 1 aromatic rings. The molecule has 0 aromatic heterocycles. The maximum atomic E-state index is 12.9. The number of aliphatic hydroxyl groups excluding tert-OH is 1. The molecule has 1 fully saturated rings. The molecule has 1 heterocycles. The van der Waals surface area contributed by atoms with Crippen molar-refractivity contribution in [1.82, 2.24) is 0 Å². The Balaban J connectivity index is 2.17.